The summed E-state index contributed by atoms with van der Waals surface area (Å²) in [6.07, 6.45) is 0.768. The molecule has 0 saturated carbocycles. The number of amides is 2. The summed E-state index contributed by atoms with van der Waals surface area (Å²) < 4.78 is 1.60. The number of rotatable bonds is 8. The first-order chi connectivity index (χ1) is 17.1. The lowest BCUT2D eigenvalue weighted by Gasteiger charge is -2.17. The first-order valence-electron chi connectivity index (χ1n) is 11.6. The van der Waals surface area contributed by atoms with Crippen molar-refractivity contribution in [2.24, 2.45) is 5.73 Å². The third-order valence-corrected chi connectivity index (χ3v) is 5.69. The Morgan fingerprint density at radius 1 is 0.917 bits per heavy atom. The summed E-state index contributed by atoms with van der Waals surface area (Å²) >= 11 is 0. The average molecular weight is 484 g/mol. The molecule has 1 aromatic heterocycles. The van der Waals surface area contributed by atoms with Crippen molar-refractivity contribution in [3.05, 3.63) is 101 Å². The minimum absolute atomic E-state index is 0.000289. The Kier molecular flexibility index (Phi) is 6.98. The zero-order valence-electron chi connectivity index (χ0n) is 20.5. The van der Waals surface area contributed by atoms with E-state index in [2.05, 4.69) is 39.7 Å². The summed E-state index contributed by atoms with van der Waals surface area (Å²) in [5, 5.41) is 16.7. The highest BCUT2D eigenvalue weighted by Crippen LogP contribution is 2.22. The summed E-state index contributed by atoms with van der Waals surface area (Å²) in [4.78, 5) is 27.7. The van der Waals surface area contributed by atoms with Gasteiger partial charge in [-0.25, -0.2) is 9.67 Å². The Labute approximate surface area is 209 Å². The van der Waals surface area contributed by atoms with Gasteiger partial charge in [-0.3, -0.25) is 9.59 Å². The highest BCUT2D eigenvalue weighted by molar-refractivity contribution is 5.94. The van der Waals surface area contributed by atoms with E-state index in [-0.39, 0.29) is 18.3 Å². The van der Waals surface area contributed by atoms with Gasteiger partial charge in [0.25, 0.3) is 11.8 Å². The molecule has 36 heavy (non-hydrogen) atoms. The number of carbonyl (C=O) groups excluding carboxylic acids is 2. The van der Waals surface area contributed by atoms with Crippen LogP contribution in [0.25, 0.3) is 16.8 Å². The topological polar surface area (TPSA) is 123 Å². The Balaban J connectivity index is 1.40. The van der Waals surface area contributed by atoms with Gasteiger partial charge in [-0.05, 0) is 73.7 Å². The van der Waals surface area contributed by atoms with Crippen LogP contribution in [-0.4, -0.2) is 43.8 Å². The number of carbonyl (C=O) groups is 2. The van der Waals surface area contributed by atoms with E-state index >= 15 is 0 Å². The second-order valence-corrected chi connectivity index (χ2v) is 9.37. The Morgan fingerprint density at radius 3 is 1.94 bits per heavy atom. The SMILES string of the molecule is Cc1nc(C(N)=O)nn1-c1ccc(Cc2ccc(-c3ccc(C(=O)NCC(C)(C)O)cc3)cc2)cc1. The average Bonchev–Trinajstić information content (AvgIpc) is 3.25. The van der Waals surface area contributed by atoms with Gasteiger partial charge in [0, 0.05) is 12.1 Å². The number of hydrogen-bond acceptors (Lipinski definition) is 5. The van der Waals surface area contributed by atoms with E-state index in [9.17, 15) is 14.7 Å². The highest BCUT2D eigenvalue weighted by Gasteiger charge is 2.15. The van der Waals surface area contributed by atoms with Crippen LogP contribution in [0, 0.1) is 6.92 Å². The van der Waals surface area contributed by atoms with E-state index in [1.165, 1.54) is 5.56 Å². The molecule has 184 valence electrons. The van der Waals surface area contributed by atoms with Gasteiger partial charge in [-0.2, -0.15) is 0 Å². The molecule has 0 spiro atoms. The van der Waals surface area contributed by atoms with E-state index in [1.807, 2.05) is 36.4 Å². The standard InChI is InChI=1S/C28H29N5O3/c1-18-31-26(25(29)34)32-33(18)24-14-6-20(7-15-24)16-19-4-8-21(9-5-19)22-10-12-23(13-11-22)27(35)30-17-28(2,3)36/h4-15,36H,16-17H2,1-3H3,(H2,29,34)(H,30,35). The number of aliphatic hydroxyl groups is 1. The Hall–Kier alpha value is -4.30. The molecular formula is C28H29N5O3. The summed E-state index contributed by atoms with van der Waals surface area (Å²) in [6.45, 7) is 5.26. The number of aromatic nitrogens is 3. The second-order valence-electron chi connectivity index (χ2n) is 9.37. The van der Waals surface area contributed by atoms with Gasteiger partial charge in [0.2, 0.25) is 5.82 Å². The number of benzene rings is 3. The van der Waals surface area contributed by atoms with E-state index in [0.717, 1.165) is 28.8 Å². The zero-order valence-corrected chi connectivity index (χ0v) is 20.5. The first-order valence-corrected chi connectivity index (χ1v) is 11.6. The summed E-state index contributed by atoms with van der Waals surface area (Å²) in [6, 6.07) is 23.7. The molecule has 2 amide bonds. The van der Waals surface area contributed by atoms with Gasteiger partial charge in [0.05, 0.1) is 11.3 Å². The van der Waals surface area contributed by atoms with Crippen LogP contribution in [0.3, 0.4) is 0 Å². The smallest absolute Gasteiger partial charge is 0.288 e. The summed E-state index contributed by atoms with van der Waals surface area (Å²) in [5.41, 5.74) is 10.1. The molecule has 0 aliphatic rings. The van der Waals surface area contributed by atoms with Crippen molar-refractivity contribution in [3.63, 3.8) is 0 Å². The lowest BCUT2D eigenvalue weighted by Crippen LogP contribution is -2.38. The maximum Gasteiger partial charge on any atom is 0.288 e. The molecule has 0 atom stereocenters. The predicted molar refractivity (Wildman–Crippen MR) is 138 cm³/mol. The number of nitrogens with two attached hydrogens (primary N) is 1. The number of nitrogens with one attached hydrogen (secondary N) is 1. The molecule has 0 radical (unpaired) electrons. The van der Waals surface area contributed by atoms with Crippen molar-refractivity contribution in [1.29, 1.82) is 0 Å². The van der Waals surface area contributed by atoms with Crippen LogP contribution in [0.15, 0.2) is 72.8 Å². The van der Waals surface area contributed by atoms with Crippen molar-refractivity contribution >= 4 is 11.8 Å². The van der Waals surface area contributed by atoms with Crippen LogP contribution < -0.4 is 11.1 Å². The van der Waals surface area contributed by atoms with Gasteiger partial charge < -0.3 is 16.2 Å². The van der Waals surface area contributed by atoms with Gasteiger partial charge in [-0.15, -0.1) is 5.10 Å². The highest BCUT2D eigenvalue weighted by atomic mass is 16.3. The Morgan fingerprint density at radius 2 is 1.44 bits per heavy atom. The number of hydrogen-bond donors (Lipinski definition) is 3. The molecule has 0 unspecified atom stereocenters. The monoisotopic (exact) mass is 483 g/mol. The predicted octanol–water partition coefficient (Wildman–Crippen LogP) is 3.43. The molecule has 0 aliphatic heterocycles. The fourth-order valence-corrected chi connectivity index (χ4v) is 3.76. The molecular weight excluding hydrogens is 454 g/mol. The minimum Gasteiger partial charge on any atom is -0.389 e. The lowest BCUT2D eigenvalue weighted by molar-refractivity contribution is 0.0694. The third-order valence-electron chi connectivity index (χ3n) is 5.69. The largest absolute Gasteiger partial charge is 0.389 e. The molecule has 0 aliphatic carbocycles. The van der Waals surface area contributed by atoms with E-state index in [1.54, 1.807) is 37.6 Å². The fourth-order valence-electron chi connectivity index (χ4n) is 3.76. The van der Waals surface area contributed by atoms with Crippen molar-refractivity contribution in [3.8, 4) is 16.8 Å². The van der Waals surface area contributed by atoms with E-state index in [0.29, 0.717) is 11.4 Å². The van der Waals surface area contributed by atoms with Crippen molar-refractivity contribution < 1.29 is 14.7 Å². The fraction of sp³-hybridized carbons (Fsp3) is 0.214. The van der Waals surface area contributed by atoms with Gasteiger partial charge >= 0.3 is 0 Å². The molecule has 8 heteroatoms. The maximum absolute atomic E-state index is 12.3. The number of aryl methyl sites for hydroxylation is 1. The molecule has 4 aromatic rings. The van der Waals surface area contributed by atoms with Crippen LogP contribution in [0.1, 0.15) is 51.8 Å². The molecule has 8 nitrogen and oxygen atoms in total. The van der Waals surface area contributed by atoms with Crippen LogP contribution in [-0.2, 0) is 6.42 Å². The second kappa shape index (κ2) is 10.1. The van der Waals surface area contributed by atoms with E-state index < -0.39 is 11.5 Å². The van der Waals surface area contributed by atoms with Gasteiger partial charge in [0.15, 0.2) is 0 Å². The molecule has 0 bridgehead atoms. The zero-order chi connectivity index (χ0) is 25.9. The van der Waals surface area contributed by atoms with Crippen molar-refractivity contribution in [2.45, 2.75) is 32.8 Å². The van der Waals surface area contributed by atoms with Crippen molar-refractivity contribution in [1.82, 2.24) is 20.1 Å². The van der Waals surface area contributed by atoms with Crippen LogP contribution in [0.4, 0.5) is 0 Å². The molecule has 4 rings (SSSR count). The normalized spacial score (nSPS) is 11.3. The van der Waals surface area contributed by atoms with Crippen LogP contribution >= 0.6 is 0 Å². The Bertz CT molecular complexity index is 1370. The maximum atomic E-state index is 12.3. The quantitative estimate of drug-likeness (QED) is 0.354. The van der Waals surface area contributed by atoms with Gasteiger partial charge in [0.1, 0.15) is 5.82 Å². The minimum atomic E-state index is -0.953. The lowest BCUT2D eigenvalue weighted by atomic mass is 9.99. The third kappa shape index (κ3) is 6.03. The van der Waals surface area contributed by atoms with Gasteiger partial charge in [-0.1, -0.05) is 48.5 Å². The molecule has 3 aromatic carbocycles. The van der Waals surface area contributed by atoms with Crippen LogP contribution in [0.2, 0.25) is 0 Å². The first kappa shape index (κ1) is 24.8. The number of nitrogens with zero attached hydrogens (tertiary/aromatic N) is 3. The molecule has 0 fully saturated rings. The molecule has 1 heterocycles. The molecule has 4 N–H and O–H groups in total. The van der Waals surface area contributed by atoms with Crippen LogP contribution in [0.5, 0.6) is 0 Å². The molecule has 0 saturated heterocycles. The van der Waals surface area contributed by atoms with Crippen molar-refractivity contribution in [2.75, 3.05) is 6.54 Å². The van der Waals surface area contributed by atoms with E-state index in [4.69, 9.17) is 5.73 Å². The number of primary amides is 1. The summed E-state index contributed by atoms with van der Waals surface area (Å²) in [5.74, 6) is -0.270. The summed E-state index contributed by atoms with van der Waals surface area (Å²) in [7, 11) is 0.